The van der Waals surface area contributed by atoms with Crippen molar-refractivity contribution in [2.45, 2.75) is 67.9 Å². The highest BCUT2D eigenvalue weighted by molar-refractivity contribution is 5.80. The van der Waals surface area contributed by atoms with E-state index in [1.54, 1.807) is 6.92 Å². The number of nitrogens with zero attached hydrogens (tertiary/aromatic N) is 1. The van der Waals surface area contributed by atoms with Gasteiger partial charge in [-0.25, -0.2) is 0 Å². The molecule has 1 aliphatic rings. The molecule has 3 nitrogen and oxygen atoms in total. The first kappa shape index (κ1) is 20.9. The van der Waals surface area contributed by atoms with Crippen LogP contribution in [0.2, 0.25) is 0 Å². The van der Waals surface area contributed by atoms with Crippen LogP contribution in [0.1, 0.15) is 62.3 Å². The Balaban J connectivity index is 0. The predicted molar refractivity (Wildman–Crippen MR) is 83.6 cm³/mol. The molecule has 3 heteroatoms. The molecule has 0 saturated carbocycles. The van der Waals surface area contributed by atoms with Crippen LogP contribution in [-0.2, 0) is 9.53 Å². The van der Waals surface area contributed by atoms with Crippen LogP contribution in [0.25, 0.3) is 0 Å². The van der Waals surface area contributed by atoms with E-state index in [0.29, 0.717) is 5.54 Å². The van der Waals surface area contributed by atoms with Crippen LogP contribution in [0.15, 0.2) is 0 Å². The van der Waals surface area contributed by atoms with Crippen LogP contribution < -0.4 is 0 Å². The van der Waals surface area contributed by atoms with Crippen molar-refractivity contribution in [2.24, 2.45) is 5.41 Å². The third-order valence-electron chi connectivity index (χ3n) is 3.02. The van der Waals surface area contributed by atoms with Crippen LogP contribution in [0.5, 0.6) is 0 Å². The van der Waals surface area contributed by atoms with Gasteiger partial charge in [0, 0.05) is 24.0 Å². The van der Waals surface area contributed by atoms with Crippen molar-refractivity contribution in [3.63, 3.8) is 0 Å². The summed E-state index contributed by atoms with van der Waals surface area (Å²) in [6, 6.07) is 0. The number of carbonyl (C=O) groups excluding carboxylic acids is 1. The lowest BCUT2D eigenvalue weighted by Gasteiger charge is -2.38. The molecule has 0 radical (unpaired) electrons. The Morgan fingerprint density at radius 3 is 1.42 bits per heavy atom. The Hall–Kier alpha value is -0.410. The summed E-state index contributed by atoms with van der Waals surface area (Å²) in [4.78, 5) is 12.9. The Bertz CT molecular complexity index is 230. The zero-order valence-corrected chi connectivity index (χ0v) is 14.6. The summed E-state index contributed by atoms with van der Waals surface area (Å²) in [5, 5.41) is 0. The van der Waals surface area contributed by atoms with Crippen molar-refractivity contribution in [3.05, 3.63) is 0 Å². The van der Waals surface area contributed by atoms with Gasteiger partial charge >= 0.3 is 0 Å². The van der Waals surface area contributed by atoms with Crippen molar-refractivity contribution in [1.29, 1.82) is 0 Å². The van der Waals surface area contributed by atoms with E-state index in [1.165, 1.54) is 0 Å². The second kappa shape index (κ2) is 9.49. The lowest BCUT2D eigenvalue weighted by atomic mass is 9.92. The lowest BCUT2D eigenvalue weighted by Crippen LogP contribution is -2.47. The molecule has 1 fully saturated rings. The minimum absolute atomic E-state index is 0.139. The maximum Gasteiger partial charge on any atom is 0.135 e. The second-order valence-electron chi connectivity index (χ2n) is 6.58. The molecule has 1 heterocycles. The normalized spacial score (nSPS) is 16.7. The molecule has 1 saturated heterocycles. The van der Waals surface area contributed by atoms with Crippen LogP contribution in [0, 0.1) is 5.41 Å². The first-order chi connectivity index (χ1) is 8.55. The summed E-state index contributed by atoms with van der Waals surface area (Å²) >= 11 is 0. The summed E-state index contributed by atoms with van der Waals surface area (Å²) in [7, 11) is 0. The fourth-order valence-corrected chi connectivity index (χ4v) is 1.23. The van der Waals surface area contributed by atoms with Gasteiger partial charge in [0.2, 0.25) is 0 Å². The van der Waals surface area contributed by atoms with Gasteiger partial charge in [0.25, 0.3) is 0 Å². The van der Waals surface area contributed by atoms with Gasteiger partial charge in [-0.2, -0.15) is 0 Å². The van der Waals surface area contributed by atoms with Crippen molar-refractivity contribution in [3.8, 4) is 0 Å². The molecule has 0 amide bonds. The monoisotopic (exact) mass is 273 g/mol. The minimum Gasteiger partial charge on any atom is -0.379 e. The Morgan fingerprint density at radius 1 is 0.947 bits per heavy atom. The second-order valence-corrected chi connectivity index (χ2v) is 6.58. The number of rotatable bonds is 0. The van der Waals surface area contributed by atoms with Crippen LogP contribution in [0.3, 0.4) is 0 Å². The van der Waals surface area contributed by atoms with E-state index in [1.807, 2.05) is 34.6 Å². The largest absolute Gasteiger partial charge is 0.379 e. The quantitative estimate of drug-likeness (QED) is 0.673. The van der Waals surface area contributed by atoms with Crippen molar-refractivity contribution in [2.75, 3.05) is 26.3 Å². The maximum atomic E-state index is 10.5. The van der Waals surface area contributed by atoms with Gasteiger partial charge in [-0.15, -0.1) is 0 Å². The van der Waals surface area contributed by atoms with E-state index in [0.717, 1.165) is 26.3 Å². The Labute approximate surface area is 120 Å². The third kappa shape index (κ3) is 11.1. The highest BCUT2D eigenvalue weighted by atomic mass is 16.5. The molecule has 19 heavy (non-hydrogen) atoms. The highest BCUT2D eigenvalue weighted by Crippen LogP contribution is 2.14. The fraction of sp³-hybridized carbons (Fsp3) is 0.938. The van der Waals surface area contributed by atoms with Crippen molar-refractivity contribution in [1.82, 2.24) is 4.90 Å². The molecule has 1 rings (SSSR count). The number of ketones is 1. The van der Waals surface area contributed by atoms with Gasteiger partial charge < -0.3 is 4.74 Å². The molecular formula is C16H35NO2. The first-order valence-corrected chi connectivity index (χ1v) is 7.39. The van der Waals surface area contributed by atoms with E-state index in [2.05, 4.69) is 25.7 Å². The molecule has 0 atom stereocenters. The average Bonchev–Trinajstić information content (AvgIpc) is 2.31. The molecule has 0 aromatic heterocycles. The SMILES string of the molecule is CC.CC(=O)C(C)(C)C.CC(C)(C)N1CCOCC1. The summed E-state index contributed by atoms with van der Waals surface area (Å²) in [5.74, 6) is 0.243. The molecule has 0 unspecified atom stereocenters. The zero-order valence-electron chi connectivity index (χ0n) is 14.6. The molecule has 0 aromatic carbocycles. The molecular weight excluding hydrogens is 238 g/mol. The molecule has 116 valence electrons. The highest BCUT2D eigenvalue weighted by Gasteiger charge is 2.22. The Morgan fingerprint density at radius 2 is 1.26 bits per heavy atom. The van der Waals surface area contributed by atoms with E-state index in [9.17, 15) is 4.79 Å². The van der Waals surface area contributed by atoms with Gasteiger partial charge in [0.1, 0.15) is 5.78 Å². The smallest absolute Gasteiger partial charge is 0.135 e. The summed E-state index contributed by atoms with van der Waals surface area (Å²) in [6.45, 7) is 22.1. The number of ether oxygens (including phenoxy) is 1. The van der Waals surface area contributed by atoms with Crippen molar-refractivity contribution >= 4 is 5.78 Å². The molecule has 0 aliphatic carbocycles. The van der Waals surface area contributed by atoms with Gasteiger partial charge in [0.15, 0.2) is 0 Å². The van der Waals surface area contributed by atoms with E-state index < -0.39 is 0 Å². The fourth-order valence-electron chi connectivity index (χ4n) is 1.23. The average molecular weight is 273 g/mol. The summed E-state index contributed by atoms with van der Waals surface area (Å²) < 4.78 is 5.25. The summed E-state index contributed by atoms with van der Waals surface area (Å²) in [6.07, 6.45) is 0. The standard InChI is InChI=1S/C8H17NO.C6H12O.C2H6/c1-8(2,3)9-4-6-10-7-5-9;1-5(7)6(2,3)4;1-2/h4-7H2,1-3H3;1-4H3;1-2H3. The first-order valence-electron chi connectivity index (χ1n) is 7.39. The van der Waals surface area contributed by atoms with Gasteiger partial charge in [0.05, 0.1) is 13.2 Å². The number of hydrogen-bond acceptors (Lipinski definition) is 3. The molecule has 0 spiro atoms. The number of morpholine rings is 1. The van der Waals surface area contributed by atoms with Crippen LogP contribution >= 0.6 is 0 Å². The van der Waals surface area contributed by atoms with Gasteiger partial charge in [-0.05, 0) is 27.7 Å². The topological polar surface area (TPSA) is 29.5 Å². The summed E-state index contributed by atoms with van der Waals surface area (Å²) in [5.41, 5.74) is 0.184. The van der Waals surface area contributed by atoms with Crippen LogP contribution in [0.4, 0.5) is 0 Å². The molecule has 0 bridgehead atoms. The third-order valence-corrected chi connectivity index (χ3v) is 3.02. The van der Waals surface area contributed by atoms with Crippen LogP contribution in [-0.4, -0.2) is 42.5 Å². The van der Waals surface area contributed by atoms with E-state index in [-0.39, 0.29) is 11.2 Å². The minimum atomic E-state index is -0.139. The molecule has 0 N–H and O–H groups in total. The van der Waals surface area contributed by atoms with Gasteiger partial charge in [-0.3, -0.25) is 9.69 Å². The lowest BCUT2D eigenvalue weighted by molar-refractivity contribution is -0.124. The number of Topliss-reactive ketones (excluding diaryl/α,β-unsaturated/α-hetero) is 1. The van der Waals surface area contributed by atoms with Crippen molar-refractivity contribution < 1.29 is 9.53 Å². The zero-order chi connectivity index (χ0) is 15.7. The van der Waals surface area contributed by atoms with Gasteiger partial charge in [-0.1, -0.05) is 34.6 Å². The maximum absolute atomic E-state index is 10.5. The Kier molecular flexibility index (Phi) is 10.4. The number of carbonyl (C=O) groups is 1. The molecule has 0 aromatic rings. The van der Waals surface area contributed by atoms with E-state index in [4.69, 9.17) is 4.74 Å². The number of hydrogen-bond donors (Lipinski definition) is 0. The predicted octanol–water partition coefficient (Wildman–Crippen LogP) is 3.76. The van der Waals surface area contributed by atoms with E-state index >= 15 is 0 Å². The molecule has 1 aliphatic heterocycles.